The van der Waals surface area contributed by atoms with E-state index in [9.17, 15) is 19.8 Å². The van der Waals surface area contributed by atoms with Crippen LogP contribution >= 0.6 is 0 Å². The molecule has 0 bridgehead atoms. The molecule has 25 heavy (non-hydrogen) atoms. The van der Waals surface area contributed by atoms with Gasteiger partial charge in [-0.05, 0) is 30.4 Å². The first-order valence-corrected chi connectivity index (χ1v) is 8.57. The Bertz CT molecular complexity index is 816. The van der Waals surface area contributed by atoms with E-state index in [0.29, 0.717) is 11.8 Å². The third-order valence-electron chi connectivity index (χ3n) is 5.06. The first-order chi connectivity index (χ1) is 11.8. The lowest BCUT2D eigenvalue weighted by molar-refractivity contribution is -0.144. The van der Waals surface area contributed by atoms with E-state index in [-0.39, 0.29) is 5.56 Å². The second-order valence-corrected chi connectivity index (χ2v) is 7.37. The van der Waals surface area contributed by atoms with Gasteiger partial charge in [-0.2, -0.15) is 0 Å². The van der Waals surface area contributed by atoms with Crippen LogP contribution in [0.4, 0.5) is 0 Å². The quantitative estimate of drug-likeness (QED) is 0.891. The summed E-state index contributed by atoms with van der Waals surface area (Å²) < 4.78 is 1.81. The van der Waals surface area contributed by atoms with Crippen LogP contribution in [0.25, 0.3) is 10.9 Å². The first-order valence-electron chi connectivity index (χ1n) is 8.57. The fourth-order valence-corrected chi connectivity index (χ4v) is 4.17. The van der Waals surface area contributed by atoms with Gasteiger partial charge in [-0.1, -0.05) is 19.9 Å². The minimum atomic E-state index is -0.988. The van der Waals surface area contributed by atoms with Gasteiger partial charge in [-0.3, -0.25) is 9.69 Å². The molecule has 1 unspecified atom stereocenters. The van der Waals surface area contributed by atoms with Crippen molar-refractivity contribution >= 4 is 22.8 Å². The predicted molar refractivity (Wildman–Crippen MR) is 94.8 cm³/mol. The lowest BCUT2D eigenvalue weighted by Crippen LogP contribution is -2.43. The summed E-state index contributed by atoms with van der Waals surface area (Å²) in [7, 11) is 1.82. The molecular weight excluding hydrogens is 320 g/mol. The topological polar surface area (TPSA) is 82.8 Å². The van der Waals surface area contributed by atoms with Gasteiger partial charge >= 0.3 is 11.9 Å². The van der Waals surface area contributed by atoms with Crippen molar-refractivity contribution in [1.29, 1.82) is 0 Å². The number of piperidine rings is 1. The minimum absolute atomic E-state index is 0.201. The second kappa shape index (κ2) is 6.52. The van der Waals surface area contributed by atoms with Gasteiger partial charge in [-0.15, -0.1) is 0 Å². The number of aryl methyl sites for hydroxylation is 1. The highest BCUT2D eigenvalue weighted by Gasteiger charge is 2.34. The van der Waals surface area contributed by atoms with Crippen molar-refractivity contribution in [2.75, 3.05) is 13.1 Å². The molecule has 3 atom stereocenters. The molecule has 2 N–H and O–H groups in total. The summed E-state index contributed by atoms with van der Waals surface area (Å²) in [4.78, 5) is 25.4. The molecule has 1 aliphatic rings. The number of aromatic nitrogens is 1. The van der Waals surface area contributed by atoms with E-state index in [1.165, 1.54) is 6.07 Å². The Morgan fingerprint density at radius 2 is 1.80 bits per heavy atom. The number of aliphatic carboxylic acids is 1. The van der Waals surface area contributed by atoms with Gasteiger partial charge in [0.15, 0.2) is 0 Å². The molecule has 0 saturated carbocycles. The number of carbonyl (C=O) groups is 2. The molecule has 0 amide bonds. The summed E-state index contributed by atoms with van der Waals surface area (Å²) in [6, 6.07) is 4.14. The van der Waals surface area contributed by atoms with Crippen molar-refractivity contribution in [3.05, 3.63) is 35.5 Å². The Kier molecular flexibility index (Phi) is 4.56. The minimum Gasteiger partial charge on any atom is -0.480 e. The van der Waals surface area contributed by atoms with Gasteiger partial charge in [0.05, 0.1) is 5.56 Å². The Morgan fingerprint density at radius 1 is 1.16 bits per heavy atom. The molecule has 1 saturated heterocycles. The number of carboxylic acid groups (broad SMARTS) is 2. The van der Waals surface area contributed by atoms with Gasteiger partial charge in [-0.25, -0.2) is 4.79 Å². The van der Waals surface area contributed by atoms with Gasteiger partial charge in [0.2, 0.25) is 0 Å². The zero-order chi connectivity index (χ0) is 18.3. The Balaban J connectivity index is 2.08. The average Bonchev–Trinajstić information content (AvgIpc) is 2.82. The fraction of sp³-hybridized carbons (Fsp3) is 0.474. The number of carboxylic acids is 2. The van der Waals surface area contributed by atoms with E-state index >= 15 is 0 Å². The standard InChI is InChI=1S/C19H24N2O4/c1-11-6-12(2)9-21(8-11)17(19(24)25)15-10-20(3)16-7-13(18(22)23)4-5-14(15)16/h4-5,7,10-12,17H,6,8-9H2,1-3H3,(H,22,23)(H,24,25)/t11-,12+,17?. The monoisotopic (exact) mass is 344 g/mol. The highest BCUT2D eigenvalue weighted by molar-refractivity contribution is 5.96. The second-order valence-electron chi connectivity index (χ2n) is 7.37. The molecule has 1 aromatic heterocycles. The smallest absolute Gasteiger partial charge is 0.335 e. The molecule has 1 fully saturated rings. The van der Waals surface area contributed by atoms with Crippen LogP contribution in [-0.2, 0) is 11.8 Å². The summed E-state index contributed by atoms with van der Waals surface area (Å²) in [6.45, 7) is 5.82. The number of rotatable bonds is 4. The molecule has 1 aromatic carbocycles. The highest BCUT2D eigenvalue weighted by atomic mass is 16.4. The van der Waals surface area contributed by atoms with Crippen LogP contribution < -0.4 is 0 Å². The van der Waals surface area contributed by atoms with Gasteiger partial charge in [0.25, 0.3) is 0 Å². The van der Waals surface area contributed by atoms with Crippen LogP contribution in [0.5, 0.6) is 0 Å². The van der Waals surface area contributed by atoms with Crippen molar-refractivity contribution in [3.8, 4) is 0 Å². The molecule has 0 aliphatic carbocycles. The third kappa shape index (κ3) is 3.26. The van der Waals surface area contributed by atoms with Crippen molar-refractivity contribution in [2.24, 2.45) is 18.9 Å². The van der Waals surface area contributed by atoms with E-state index in [1.807, 2.05) is 22.7 Å². The maximum Gasteiger partial charge on any atom is 0.335 e. The third-order valence-corrected chi connectivity index (χ3v) is 5.06. The number of aromatic carboxylic acids is 1. The van der Waals surface area contributed by atoms with E-state index in [1.54, 1.807) is 12.1 Å². The normalized spacial score (nSPS) is 22.8. The largest absolute Gasteiger partial charge is 0.480 e. The number of fused-ring (bicyclic) bond motifs is 1. The summed E-state index contributed by atoms with van der Waals surface area (Å²) in [5.41, 5.74) is 1.66. The number of nitrogens with zero attached hydrogens (tertiary/aromatic N) is 2. The molecule has 2 heterocycles. The Labute approximate surface area is 146 Å². The summed E-state index contributed by atoms with van der Waals surface area (Å²) in [5.74, 6) is -0.937. The van der Waals surface area contributed by atoms with Gasteiger partial charge in [0.1, 0.15) is 6.04 Å². The van der Waals surface area contributed by atoms with Crippen molar-refractivity contribution in [2.45, 2.75) is 26.3 Å². The molecule has 3 rings (SSSR count). The zero-order valence-electron chi connectivity index (χ0n) is 14.8. The van der Waals surface area contributed by atoms with E-state index in [0.717, 1.165) is 36.0 Å². The Hall–Kier alpha value is -2.34. The lowest BCUT2D eigenvalue weighted by Gasteiger charge is -2.38. The maximum absolute atomic E-state index is 12.1. The van der Waals surface area contributed by atoms with Crippen LogP contribution in [0, 0.1) is 11.8 Å². The highest BCUT2D eigenvalue weighted by Crippen LogP contribution is 2.34. The first kappa shape index (κ1) is 17.5. The van der Waals surface area contributed by atoms with Crippen LogP contribution in [0.15, 0.2) is 24.4 Å². The predicted octanol–water partition coefficient (Wildman–Crippen LogP) is 2.98. The number of benzene rings is 1. The van der Waals surface area contributed by atoms with Gasteiger partial charge < -0.3 is 14.8 Å². The van der Waals surface area contributed by atoms with E-state index in [2.05, 4.69) is 13.8 Å². The molecule has 6 heteroatoms. The van der Waals surface area contributed by atoms with Crippen molar-refractivity contribution in [1.82, 2.24) is 9.47 Å². The molecule has 6 nitrogen and oxygen atoms in total. The van der Waals surface area contributed by atoms with Crippen LogP contribution in [-0.4, -0.2) is 44.7 Å². The summed E-state index contributed by atoms with van der Waals surface area (Å²) in [6.07, 6.45) is 2.93. The molecule has 2 aromatic rings. The van der Waals surface area contributed by atoms with Crippen molar-refractivity contribution < 1.29 is 19.8 Å². The number of likely N-dealkylation sites (tertiary alicyclic amines) is 1. The molecular formula is C19H24N2O4. The molecule has 0 spiro atoms. The zero-order valence-corrected chi connectivity index (χ0v) is 14.8. The average molecular weight is 344 g/mol. The Morgan fingerprint density at radius 3 is 2.36 bits per heavy atom. The molecule has 0 radical (unpaired) electrons. The van der Waals surface area contributed by atoms with E-state index < -0.39 is 18.0 Å². The van der Waals surface area contributed by atoms with Crippen LogP contribution in [0.3, 0.4) is 0 Å². The summed E-state index contributed by atoms with van der Waals surface area (Å²) >= 11 is 0. The summed E-state index contributed by atoms with van der Waals surface area (Å²) in [5, 5.41) is 19.9. The number of hydrogen-bond donors (Lipinski definition) is 2. The fourth-order valence-electron chi connectivity index (χ4n) is 4.17. The SMILES string of the molecule is C[C@@H]1C[C@H](C)CN(C(C(=O)O)c2cn(C)c3cc(C(=O)O)ccc23)C1. The van der Waals surface area contributed by atoms with Gasteiger partial charge in [0, 0.05) is 42.8 Å². The molecule has 134 valence electrons. The molecule has 1 aliphatic heterocycles. The van der Waals surface area contributed by atoms with Crippen molar-refractivity contribution in [3.63, 3.8) is 0 Å². The lowest BCUT2D eigenvalue weighted by atomic mass is 9.89. The number of hydrogen-bond acceptors (Lipinski definition) is 3. The van der Waals surface area contributed by atoms with E-state index in [4.69, 9.17) is 0 Å². The maximum atomic E-state index is 12.1. The van der Waals surface area contributed by atoms with Crippen LogP contribution in [0.2, 0.25) is 0 Å². The van der Waals surface area contributed by atoms with Crippen LogP contribution in [0.1, 0.15) is 42.2 Å².